The van der Waals surface area contributed by atoms with Crippen LogP contribution in [0.3, 0.4) is 0 Å². The zero-order valence-electron chi connectivity index (χ0n) is 17.7. The van der Waals surface area contributed by atoms with Crippen LogP contribution in [0.1, 0.15) is 48.3 Å². The third-order valence-corrected chi connectivity index (χ3v) is 6.14. The molecule has 0 spiro atoms. The average molecular weight is 404 g/mol. The molecule has 3 heterocycles. The van der Waals surface area contributed by atoms with Gasteiger partial charge in [0, 0.05) is 11.9 Å². The number of hydrogen-bond donors (Lipinski definition) is 1. The number of likely N-dealkylation sites (tertiary alicyclic amines) is 1. The van der Waals surface area contributed by atoms with Gasteiger partial charge in [-0.1, -0.05) is 43.3 Å². The van der Waals surface area contributed by atoms with Gasteiger partial charge in [-0.3, -0.25) is 14.7 Å². The van der Waals surface area contributed by atoms with Gasteiger partial charge in [0.05, 0.1) is 23.8 Å². The van der Waals surface area contributed by atoms with E-state index in [0.717, 1.165) is 42.9 Å². The van der Waals surface area contributed by atoms with Crippen molar-refractivity contribution < 1.29 is 5.11 Å². The third kappa shape index (κ3) is 4.17. The summed E-state index contributed by atoms with van der Waals surface area (Å²) >= 11 is 0. The molecular weight excluding hydrogens is 374 g/mol. The Hall–Kier alpha value is -2.92. The largest absolute Gasteiger partial charge is 0.507 e. The lowest BCUT2D eigenvalue weighted by Gasteiger charge is -2.37. The van der Waals surface area contributed by atoms with Crippen LogP contribution in [0, 0.1) is 12.8 Å². The van der Waals surface area contributed by atoms with Crippen molar-refractivity contribution in [2.45, 2.75) is 39.3 Å². The summed E-state index contributed by atoms with van der Waals surface area (Å²) in [4.78, 5) is 20.4. The van der Waals surface area contributed by atoms with Crippen molar-refractivity contribution in [2.75, 3.05) is 13.1 Å². The first-order valence-electron chi connectivity index (χ1n) is 10.7. The van der Waals surface area contributed by atoms with E-state index in [1.807, 2.05) is 55.5 Å². The van der Waals surface area contributed by atoms with Gasteiger partial charge in [-0.05, 0) is 62.5 Å². The maximum atomic E-state index is 13.7. The van der Waals surface area contributed by atoms with E-state index in [1.165, 1.54) is 0 Å². The molecule has 0 bridgehead atoms. The van der Waals surface area contributed by atoms with E-state index in [2.05, 4.69) is 16.8 Å². The second kappa shape index (κ2) is 8.84. The fourth-order valence-electron chi connectivity index (χ4n) is 4.36. The highest BCUT2D eigenvalue weighted by molar-refractivity contribution is 5.41. The van der Waals surface area contributed by atoms with Crippen LogP contribution in [-0.2, 0) is 6.54 Å². The topological polar surface area (TPSA) is 58.4 Å². The molecule has 0 aliphatic carbocycles. The summed E-state index contributed by atoms with van der Waals surface area (Å²) in [7, 11) is 0. The maximum Gasteiger partial charge on any atom is 0.260 e. The Morgan fingerprint density at radius 1 is 1.10 bits per heavy atom. The highest BCUT2D eigenvalue weighted by Gasteiger charge is 2.31. The highest BCUT2D eigenvalue weighted by atomic mass is 16.3. The molecule has 0 saturated carbocycles. The van der Waals surface area contributed by atoms with Gasteiger partial charge in [0.25, 0.3) is 5.56 Å². The highest BCUT2D eigenvalue weighted by Crippen LogP contribution is 2.35. The molecule has 1 aromatic carbocycles. The SMILES string of the molecule is Cc1cc(O)c([C@@H](c2ccccc2)N2CCC(C)CC2)c(=O)n1Cc1ccccn1. The maximum absolute atomic E-state index is 13.7. The summed E-state index contributed by atoms with van der Waals surface area (Å²) < 4.78 is 1.72. The van der Waals surface area contributed by atoms with Crippen LogP contribution in [-0.4, -0.2) is 32.6 Å². The number of pyridine rings is 2. The van der Waals surface area contributed by atoms with Gasteiger partial charge in [-0.15, -0.1) is 0 Å². The van der Waals surface area contributed by atoms with Crippen LogP contribution in [0.4, 0.5) is 0 Å². The molecular formula is C25H29N3O2. The summed E-state index contributed by atoms with van der Waals surface area (Å²) in [5, 5.41) is 10.9. The Balaban J connectivity index is 1.82. The normalized spacial score (nSPS) is 16.5. The quantitative estimate of drug-likeness (QED) is 0.696. The summed E-state index contributed by atoms with van der Waals surface area (Å²) in [6.07, 6.45) is 3.93. The number of hydrogen-bond acceptors (Lipinski definition) is 4. The van der Waals surface area contributed by atoms with Crippen molar-refractivity contribution in [2.24, 2.45) is 5.92 Å². The second-order valence-corrected chi connectivity index (χ2v) is 8.33. The molecule has 1 saturated heterocycles. The van der Waals surface area contributed by atoms with E-state index in [1.54, 1.807) is 16.8 Å². The summed E-state index contributed by atoms with van der Waals surface area (Å²) in [5.74, 6) is 0.757. The van der Waals surface area contributed by atoms with E-state index in [9.17, 15) is 9.90 Å². The van der Waals surface area contributed by atoms with E-state index >= 15 is 0 Å². The Morgan fingerprint density at radius 2 is 1.80 bits per heavy atom. The van der Waals surface area contributed by atoms with Crippen LogP contribution >= 0.6 is 0 Å². The van der Waals surface area contributed by atoms with Crippen LogP contribution in [0.5, 0.6) is 5.75 Å². The van der Waals surface area contributed by atoms with E-state index in [-0.39, 0.29) is 17.4 Å². The minimum atomic E-state index is -0.262. The molecule has 1 atom stereocenters. The molecule has 5 heteroatoms. The first-order valence-corrected chi connectivity index (χ1v) is 10.7. The monoisotopic (exact) mass is 403 g/mol. The van der Waals surface area contributed by atoms with Gasteiger partial charge >= 0.3 is 0 Å². The first-order chi connectivity index (χ1) is 14.5. The molecule has 0 unspecified atom stereocenters. The van der Waals surface area contributed by atoms with Gasteiger partial charge in [0.2, 0.25) is 0 Å². The molecule has 1 fully saturated rings. The fraction of sp³-hybridized carbons (Fsp3) is 0.360. The van der Waals surface area contributed by atoms with Crippen LogP contribution in [0.2, 0.25) is 0 Å². The molecule has 0 radical (unpaired) electrons. The van der Waals surface area contributed by atoms with Crippen molar-refractivity contribution in [1.82, 2.24) is 14.5 Å². The summed E-state index contributed by atoms with van der Waals surface area (Å²) in [6, 6.07) is 17.2. The summed E-state index contributed by atoms with van der Waals surface area (Å²) in [6.45, 7) is 6.34. The number of piperidine rings is 1. The van der Waals surface area contributed by atoms with Crippen molar-refractivity contribution in [3.63, 3.8) is 0 Å². The fourth-order valence-corrected chi connectivity index (χ4v) is 4.36. The van der Waals surface area contributed by atoms with E-state index in [4.69, 9.17) is 0 Å². The predicted octanol–water partition coefficient (Wildman–Crippen LogP) is 4.13. The smallest absolute Gasteiger partial charge is 0.260 e. The Morgan fingerprint density at radius 3 is 2.47 bits per heavy atom. The number of aryl methyl sites for hydroxylation is 1. The molecule has 156 valence electrons. The average Bonchev–Trinajstić information content (AvgIpc) is 2.76. The molecule has 1 N–H and O–H groups in total. The molecule has 3 aromatic rings. The van der Waals surface area contributed by atoms with Gasteiger partial charge in [-0.25, -0.2) is 0 Å². The second-order valence-electron chi connectivity index (χ2n) is 8.33. The minimum absolute atomic E-state index is 0.0715. The van der Waals surface area contributed by atoms with Gasteiger partial charge in [0.1, 0.15) is 5.75 Å². The zero-order chi connectivity index (χ0) is 21.1. The zero-order valence-corrected chi connectivity index (χ0v) is 17.7. The van der Waals surface area contributed by atoms with Gasteiger partial charge in [-0.2, -0.15) is 0 Å². The van der Waals surface area contributed by atoms with Crippen LogP contribution in [0.15, 0.2) is 65.6 Å². The molecule has 30 heavy (non-hydrogen) atoms. The molecule has 4 rings (SSSR count). The van der Waals surface area contributed by atoms with Crippen molar-refractivity contribution in [1.29, 1.82) is 0 Å². The van der Waals surface area contributed by atoms with Crippen molar-refractivity contribution in [3.05, 3.63) is 93.7 Å². The molecule has 1 aliphatic rings. The molecule has 2 aromatic heterocycles. The minimum Gasteiger partial charge on any atom is -0.507 e. The van der Waals surface area contributed by atoms with Gasteiger partial charge in [0.15, 0.2) is 0 Å². The Kier molecular flexibility index (Phi) is 6.00. The van der Waals surface area contributed by atoms with Crippen molar-refractivity contribution >= 4 is 0 Å². The Bertz CT molecular complexity index is 1040. The Labute approximate surface area is 177 Å². The number of nitrogens with zero attached hydrogens (tertiary/aromatic N) is 3. The number of aromatic hydroxyl groups is 1. The summed E-state index contributed by atoms with van der Waals surface area (Å²) in [5.41, 5.74) is 2.89. The third-order valence-electron chi connectivity index (χ3n) is 6.14. The van der Waals surface area contributed by atoms with Crippen LogP contribution in [0.25, 0.3) is 0 Å². The number of aromatic nitrogens is 2. The van der Waals surface area contributed by atoms with Crippen molar-refractivity contribution in [3.8, 4) is 5.75 Å². The molecule has 1 aliphatic heterocycles. The van der Waals surface area contributed by atoms with Crippen LogP contribution < -0.4 is 5.56 Å². The predicted molar refractivity (Wildman–Crippen MR) is 119 cm³/mol. The molecule has 5 nitrogen and oxygen atoms in total. The lowest BCUT2D eigenvalue weighted by molar-refractivity contribution is 0.154. The first kappa shape index (κ1) is 20.4. The van der Waals surface area contributed by atoms with E-state index < -0.39 is 0 Å². The lowest BCUT2D eigenvalue weighted by Crippen LogP contribution is -2.40. The number of rotatable bonds is 5. The molecule has 0 amide bonds. The number of benzene rings is 1. The lowest BCUT2D eigenvalue weighted by atomic mass is 9.92. The van der Waals surface area contributed by atoms with Gasteiger partial charge < -0.3 is 9.67 Å². The standard InChI is InChI=1S/C25H29N3O2/c1-18-11-14-27(15-12-18)24(20-8-4-3-5-9-20)23-22(29)16-19(2)28(25(23)30)17-21-10-6-7-13-26-21/h3-10,13,16,18,24,29H,11-12,14-15,17H2,1-2H3/t24-/m1/s1. The van der Waals surface area contributed by atoms with E-state index in [0.29, 0.717) is 18.0 Å².